The first-order chi connectivity index (χ1) is 8.31. The van der Waals surface area contributed by atoms with Gasteiger partial charge in [0.15, 0.2) is 0 Å². The van der Waals surface area contributed by atoms with Crippen LogP contribution in [0.3, 0.4) is 0 Å². The molecule has 21 heavy (non-hydrogen) atoms. The van der Waals surface area contributed by atoms with Crippen molar-refractivity contribution in [3.8, 4) is 0 Å². The second-order valence-corrected chi connectivity index (χ2v) is 6.64. The summed E-state index contributed by atoms with van der Waals surface area (Å²) in [7, 11) is 0. The Bertz CT molecular complexity index is 243. The maximum Gasteiger partial charge on any atom is 1.00 e. The Balaban J connectivity index is -0.0000000454. The summed E-state index contributed by atoms with van der Waals surface area (Å²) in [5.41, 5.74) is -0.583. The summed E-state index contributed by atoms with van der Waals surface area (Å²) in [5, 5.41) is 26.6. The number of hydrogen-bond donors (Lipinski definition) is 3. The Hall–Kier alpha value is 4.79. The van der Waals surface area contributed by atoms with Crippen molar-refractivity contribution in [3.05, 3.63) is 0 Å². The van der Waals surface area contributed by atoms with E-state index in [1.807, 2.05) is 13.8 Å². The Morgan fingerprint density at radius 3 is 1.05 bits per heavy atom. The van der Waals surface area contributed by atoms with Crippen molar-refractivity contribution in [1.29, 1.82) is 0 Å². The maximum absolute atomic E-state index is 9.19. The zero-order chi connectivity index (χ0) is 13.6. The summed E-state index contributed by atoms with van der Waals surface area (Å²) in [6.07, 6.45) is 11.1. The van der Waals surface area contributed by atoms with E-state index in [1.165, 1.54) is 25.7 Å². The van der Waals surface area contributed by atoms with Gasteiger partial charge in [-0.25, -0.2) is 0 Å². The number of aliphatic hydroxyl groups is 3. The van der Waals surface area contributed by atoms with Crippen LogP contribution >= 0.6 is 0 Å². The zero-order valence-electron chi connectivity index (χ0n) is 18.0. The standard InChI is InChI=1S/C6H12O.C5H10O.C4H8O.3K.3H/c1-6(7)4-2-3-5-6;1-5(6)3-2-4-5;5-4-2-1-3-4;;;;;;/h7H,2-5H2,1H3;6H,2-4H2,1H3;4-5H,1-3H2;;;;;;/q;;;3*+1;3*-1. The van der Waals surface area contributed by atoms with Gasteiger partial charge in [-0.1, -0.05) is 12.8 Å². The van der Waals surface area contributed by atoms with Crippen LogP contribution in [0.2, 0.25) is 0 Å². The molecule has 0 aromatic rings. The van der Waals surface area contributed by atoms with Crippen molar-refractivity contribution in [3.63, 3.8) is 0 Å². The normalized spacial score (nSPS) is 23.9. The molecule has 3 nitrogen and oxygen atoms in total. The molecule has 3 N–H and O–H groups in total. The van der Waals surface area contributed by atoms with Crippen LogP contribution in [0.4, 0.5) is 0 Å². The first-order valence-corrected chi connectivity index (χ1v) is 7.44. The monoisotopic (exact) mass is 378 g/mol. The van der Waals surface area contributed by atoms with E-state index in [4.69, 9.17) is 10.2 Å². The van der Waals surface area contributed by atoms with Crippen LogP contribution in [0.1, 0.15) is 82.3 Å². The van der Waals surface area contributed by atoms with Crippen molar-refractivity contribution < 1.29 is 174 Å². The molecule has 3 rings (SSSR count). The summed E-state index contributed by atoms with van der Waals surface area (Å²) < 4.78 is 0. The minimum absolute atomic E-state index is 0. The Labute approximate surface area is 262 Å². The average molecular weight is 379 g/mol. The molecule has 0 heterocycles. The zero-order valence-corrected chi connectivity index (χ0v) is 24.4. The third kappa shape index (κ3) is 16.7. The van der Waals surface area contributed by atoms with Crippen LogP contribution in [-0.2, 0) is 0 Å². The first-order valence-electron chi connectivity index (χ1n) is 7.44. The summed E-state index contributed by atoms with van der Waals surface area (Å²) in [5.74, 6) is 0. The fourth-order valence-electron chi connectivity index (χ4n) is 2.21. The fraction of sp³-hybridized carbons (Fsp3) is 1.00. The molecule has 3 aliphatic rings. The Kier molecular flexibility index (Phi) is 23.0. The summed E-state index contributed by atoms with van der Waals surface area (Å²) >= 11 is 0. The van der Waals surface area contributed by atoms with Gasteiger partial charge in [0, 0.05) is 0 Å². The molecule has 6 heteroatoms. The van der Waals surface area contributed by atoms with Crippen LogP contribution in [0.5, 0.6) is 0 Å². The van der Waals surface area contributed by atoms with Crippen molar-refractivity contribution in [2.45, 2.75) is 95.4 Å². The summed E-state index contributed by atoms with van der Waals surface area (Å²) in [6.45, 7) is 3.80. The second-order valence-electron chi connectivity index (χ2n) is 6.64. The molecule has 0 bridgehead atoms. The smallest absolute Gasteiger partial charge is 1.00 e. The second kappa shape index (κ2) is 15.8. The van der Waals surface area contributed by atoms with E-state index in [-0.39, 0.29) is 176 Å². The molecule has 0 radical (unpaired) electrons. The van der Waals surface area contributed by atoms with Gasteiger partial charge in [0.2, 0.25) is 0 Å². The Morgan fingerprint density at radius 2 is 1.00 bits per heavy atom. The van der Waals surface area contributed by atoms with E-state index in [1.54, 1.807) is 0 Å². The van der Waals surface area contributed by atoms with Crippen LogP contribution in [0.25, 0.3) is 0 Å². The molecule has 0 atom stereocenters. The molecule has 114 valence electrons. The van der Waals surface area contributed by atoms with E-state index >= 15 is 0 Å². The molecule has 0 saturated heterocycles. The van der Waals surface area contributed by atoms with Gasteiger partial charge in [0.1, 0.15) is 0 Å². The van der Waals surface area contributed by atoms with Gasteiger partial charge in [-0.3, -0.25) is 0 Å². The molecule has 0 aromatic heterocycles. The van der Waals surface area contributed by atoms with Gasteiger partial charge in [0.25, 0.3) is 0 Å². The molecule has 0 unspecified atom stereocenters. The maximum atomic E-state index is 9.19. The molecule has 0 aliphatic heterocycles. The van der Waals surface area contributed by atoms with E-state index in [2.05, 4.69) is 0 Å². The van der Waals surface area contributed by atoms with Crippen LogP contribution in [-0.4, -0.2) is 32.6 Å². The molecule has 3 aliphatic carbocycles. The Morgan fingerprint density at radius 1 is 0.714 bits per heavy atom. The van der Waals surface area contributed by atoms with Gasteiger partial charge in [-0.05, 0) is 65.2 Å². The third-order valence-electron chi connectivity index (χ3n) is 4.19. The largest absolute Gasteiger partial charge is 1.00 e. The number of aliphatic hydroxyl groups excluding tert-OH is 1. The minimum atomic E-state index is -0.306. The van der Waals surface area contributed by atoms with E-state index in [0.717, 1.165) is 38.5 Å². The van der Waals surface area contributed by atoms with Gasteiger partial charge in [-0.15, -0.1) is 0 Å². The average Bonchev–Trinajstić information content (AvgIpc) is 2.60. The third-order valence-corrected chi connectivity index (χ3v) is 4.19. The molecule has 3 saturated carbocycles. The van der Waals surface area contributed by atoms with Gasteiger partial charge in [0.05, 0.1) is 17.3 Å². The fourth-order valence-corrected chi connectivity index (χ4v) is 2.21. The van der Waals surface area contributed by atoms with Crippen molar-refractivity contribution >= 4 is 0 Å². The molecule has 0 aromatic carbocycles. The van der Waals surface area contributed by atoms with Gasteiger partial charge < -0.3 is 19.6 Å². The van der Waals surface area contributed by atoms with Gasteiger partial charge in [-0.2, -0.15) is 0 Å². The summed E-state index contributed by atoms with van der Waals surface area (Å²) in [4.78, 5) is 0. The predicted molar refractivity (Wildman–Crippen MR) is 76.8 cm³/mol. The SMILES string of the molecule is CC1(O)CCC1.CC1(O)CCCC1.OC1CCC1.[H-].[H-].[H-].[K+].[K+].[K+]. The van der Waals surface area contributed by atoms with E-state index in [0.29, 0.717) is 0 Å². The van der Waals surface area contributed by atoms with Crippen molar-refractivity contribution in [2.24, 2.45) is 0 Å². The predicted octanol–water partition coefficient (Wildman–Crippen LogP) is -5.89. The topological polar surface area (TPSA) is 60.7 Å². The van der Waals surface area contributed by atoms with E-state index in [9.17, 15) is 5.11 Å². The van der Waals surface area contributed by atoms with E-state index < -0.39 is 0 Å². The van der Waals surface area contributed by atoms with Gasteiger partial charge >= 0.3 is 154 Å². The van der Waals surface area contributed by atoms with Crippen molar-refractivity contribution in [1.82, 2.24) is 0 Å². The number of hydrogen-bond acceptors (Lipinski definition) is 3. The first kappa shape index (κ1) is 30.5. The summed E-state index contributed by atoms with van der Waals surface area (Å²) in [6, 6.07) is 0. The number of rotatable bonds is 0. The minimum Gasteiger partial charge on any atom is -1.00 e. The molecule has 0 spiro atoms. The van der Waals surface area contributed by atoms with Crippen LogP contribution in [0.15, 0.2) is 0 Å². The van der Waals surface area contributed by atoms with Crippen molar-refractivity contribution in [2.75, 3.05) is 0 Å². The molecule has 0 amide bonds. The molecule has 3 fully saturated rings. The molecular weight excluding hydrogens is 345 g/mol. The quantitative estimate of drug-likeness (QED) is 0.368. The van der Waals surface area contributed by atoms with Crippen LogP contribution < -0.4 is 154 Å². The molecular formula is C15H33K3O3. The van der Waals surface area contributed by atoms with Crippen LogP contribution in [0, 0.1) is 0 Å².